The molecule has 3 rings (SSSR count). The summed E-state index contributed by atoms with van der Waals surface area (Å²) in [6.07, 6.45) is 2.64. The number of nitrogens with zero attached hydrogens (tertiary/aromatic N) is 1. The number of carbonyl (C=O) groups excluding carboxylic acids is 1. The second-order valence-corrected chi connectivity index (χ2v) is 8.30. The molecule has 2 aromatic carbocycles. The average molecular weight is 492 g/mol. The van der Waals surface area contributed by atoms with Crippen molar-refractivity contribution in [2.24, 2.45) is 0 Å². The van der Waals surface area contributed by atoms with Crippen LogP contribution in [0.4, 0.5) is 0 Å². The summed E-state index contributed by atoms with van der Waals surface area (Å²) in [4.78, 5) is 16.2. The normalized spacial score (nSPS) is 12.5. The standard InChI is InChI=1S/C23H29N2O2.HI/c1-16-10-17(2)12-18(11-16)15-27-23(26)22(25(3,4)5)13-19-14-24-21-9-7-6-8-20(19)21;/h6-12,14,22,24H,13,15H2,1-5H3;1H/q+1;/p-1/t22-;/m0./s1. The highest BCUT2D eigenvalue weighted by Gasteiger charge is 2.34. The van der Waals surface area contributed by atoms with Gasteiger partial charge in [-0.3, -0.25) is 0 Å². The van der Waals surface area contributed by atoms with Gasteiger partial charge in [0.25, 0.3) is 0 Å². The van der Waals surface area contributed by atoms with Crippen LogP contribution in [-0.2, 0) is 22.6 Å². The number of esters is 1. The lowest BCUT2D eigenvalue weighted by Crippen LogP contribution is -3.00. The van der Waals surface area contributed by atoms with E-state index in [-0.39, 0.29) is 36.0 Å². The lowest BCUT2D eigenvalue weighted by Gasteiger charge is -2.32. The van der Waals surface area contributed by atoms with Crippen molar-refractivity contribution in [1.29, 1.82) is 0 Å². The van der Waals surface area contributed by atoms with Crippen LogP contribution in [0.1, 0.15) is 22.3 Å². The molecule has 0 aliphatic carbocycles. The number of nitrogens with one attached hydrogen (secondary N) is 1. The fraction of sp³-hybridized carbons (Fsp3) is 0.348. The number of ether oxygens (including phenoxy) is 1. The predicted molar refractivity (Wildman–Crippen MR) is 110 cm³/mol. The number of halogens is 1. The van der Waals surface area contributed by atoms with E-state index >= 15 is 0 Å². The first-order valence-electron chi connectivity index (χ1n) is 9.34. The Morgan fingerprint density at radius 2 is 1.71 bits per heavy atom. The van der Waals surface area contributed by atoms with Crippen LogP contribution in [0.15, 0.2) is 48.7 Å². The third kappa shape index (κ3) is 5.35. The molecule has 0 fully saturated rings. The number of fused-ring (bicyclic) bond motifs is 1. The molecule has 0 aliphatic rings. The number of benzene rings is 2. The molecule has 0 spiro atoms. The summed E-state index contributed by atoms with van der Waals surface area (Å²) in [6, 6.07) is 14.2. The number of hydrogen-bond acceptors (Lipinski definition) is 2. The molecule has 0 radical (unpaired) electrons. The van der Waals surface area contributed by atoms with E-state index in [9.17, 15) is 4.79 Å². The molecule has 1 heterocycles. The zero-order chi connectivity index (χ0) is 19.6. The van der Waals surface area contributed by atoms with Crippen LogP contribution in [0.3, 0.4) is 0 Å². The topological polar surface area (TPSA) is 42.1 Å². The lowest BCUT2D eigenvalue weighted by molar-refractivity contribution is -0.887. The van der Waals surface area contributed by atoms with Gasteiger partial charge >= 0.3 is 5.97 Å². The number of aromatic nitrogens is 1. The molecule has 0 unspecified atom stereocenters. The second kappa shape index (κ2) is 9.09. The molecule has 0 amide bonds. The van der Waals surface area contributed by atoms with Crippen LogP contribution in [0, 0.1) is 13.8 Å². The van der Waals surface area contributed by atoms with Crippen LogP contribution < -0.4 is 24.0 Å². The van der Waals surface area contributed by atoms with Gasteiger partial charge in [0, 0.05) is 23.5 Å². The molecule has 150 valence electrons. The second-order valence-electron chi connectivity index (χ2n) is 8.30. The Morgan fingerprint density at radius 1 is 1.07 bits per heavy atom. The third-order valence-corrected chi connectivity index (χ3v) is 4.96. The summed E-state index contributed by atoms with van der Waals surface area (Å²) in [5, 5.41) is 1.16. The maximum Gasteiger partial charge on any atom is 0.365 e. The van der Waals surface area contributed by atoms with E-state index in [0.29, 0.717) is 17.5 Å². The number of likely N-dealkylation sites (N-methyl/N-ethyl adjacent to an activating group) is 1. The van der Waals surface area contributed by atoms with Gasteiger partial charge in [0.05, 0.1) is 21.1 Å². The van der Waals surface area contributed by atoms with Crippen LogP contribution in [-0.4, -0.2) is 42.6 Å². The van der Waals surface area contributed by atoms with Gasteiger partial charge in [0.15, 0.2) is 6.04 Å². The number of para-hydroxylation sites is 1. The molecular formula is C23H29IN2O2. The summed E-state index contributed by atoms with van der Waals surface area (Å²) in [5.74, 6) is -0.160. The number of carbonyl (C=O) groups is 1. The Hall–Kier alpha value is -1.86. The van der Waals surface area contributed by atoms with E-state index in [2.05, 4.69) is 49.2 Å². The molecule has 5 heteroatoms. The predicted octanol–water partition coefficient (Wildman–Crippen LogP) is 1.15. The summed E-state index contributed by atoms with van der Waals surface area (Å²) in [5.41, 5.74) is 5.64. The minimum atomic E-state index is -0.268. The van der Waals surface area contributed by atoms with Gasteiger partial charge < -0.3 is 38.2 Å². The van der Waals surface area contributed by atoms with E-state index < -0.39 is 0 Å². The number of aromatic amines is 1. The van der Waals surface area contributed by atoms with Crippen molar-refractivity contribution in [3.05, 3.63) is 70.9 Å². The number of H-pyrrole nitrogens is 1. The maximum atomic E-state index is 12.9. The first kappa shape index (κ1) is 22.4. The van der Waals surface area contributed by atoms with Crippen LogP contribution >= 0.6 is 0 Å². The van der Waals surface area contributed by atoms with Crippen LogP contribution in [0.25, 0.3) is 10.9 Å². The van der Waals surface area contributed by atoms with Crippen molar-refractivity contribution in [1.82, 2.24) is 4.98 Å². The van der Waals surface area contributed by atoms with Crippen LogP contribution in [0.2, 0.25) is 0 Å². The Kier molecular flexibility index (Phi) is 7.28. The van der Waals surface area contributed by atoms with Gasteiger partial charge in [-0.15, -0.1) is 0 Å². The lowest BCUT2D eigenvalue weighted by atomic mass is 10.0. The molecule has 0 bridgehead atoms. The van der Waals surface area contributed by atoms with Crippen molar-refractivity contribution in [3.63, 3.8) is 0 Å². The summed E-state index contributed by atoms with van der Waals surface area (Å²) >= 11 is 0. The number of aryl methyl sites for hydroxylation is 2. The Morgan fingerprint density at radius 3 is 2.36 bits per heavy atom. The smallest absolute Gasteiger partial charge is 0.365 e. The minimum absolute atomic E-state index is 0. The highest BCUT2D eigenvalue weighted by molar-refractivity contribution is 5.84. The van der Waals surface area contributed by atoms with E-state index in [0.717, 1.165) is 22.0 Å². The van der Waals surface area contributed by atoms with Gasteiger partial charge in [-0.2, -0.15) is 0 Å². The third-order valence-electron chi connectivity index (χ3n) is 4.96. The summed E-state index contributed by atoms with van der Waals surface area (Å²) < 4.78 is 6.24. The van der Waals surface area contributed by atoms with E-state index in [1.54, 1.807) is 0 Å². The van der Waals surface area contributed by atoms with Gasteiger partial charge in [0.1, 0.15) is 6.61 Å². The molecule has 3 aromatic rings. The highest BCUT2D eigenvalue weighted by atomic mass is 127. The van der Waals surface area contributed by atoms with Gasteiger partial charge in [-0.25, -0.2) is 4.79 Å². The maximum absolute atomic E-state index is 12.9. The highest BCUT2D eigenvalue weighted by Crippen LogP contribution is 2.22. The van der Waals surface area contributed by atoms with E-state index in [1.807, 2.05) is 39.5 Å². The molecule has 1 aromatic heterocycles. The van der Waals surface area contributed by atoms with Crippen molar-refractivity contribution in [3.8, 4) is 0 Å². The summed E-state index contributed by atoms with van der Waals surface area (Å²) in [7, 11) is 6.12. The fourth-order valence-electron chi connectivity index (χ4n) is 3.59. The van der Waals surface area contributed by atoms with Gasteiger partial charge in [-0.05, 0) is 31.0 Å². The number of quaternary nitrogens is 1. The molecule has 4 nitrogen and oxygen atoms in total. The van der Waals surface area contributed by atoms with Crippen molar-refractivity contribution >= 4 is 16.9 Å². The van der Waals surface area contributed by atoms with Crippen molar-refractivity contribution in [2.45, 2.75) is 32.9 Å². The molecule has 0 saturated heterocycles. The first-order chi connectivity index (χ1) is 12.7. The Bertz CT molecular complexity index is 936. The fourth-order valence-corrected chi connectivity index (χ4v) is 3.59. The molecule has 1 atom stereocenters. The quantitative estimate of drug-likeness (QED) is 0.319. The number of rotatable bonds is 6. The summed E-state index contributed by atoms with van der Waals surface area (Å²) in [6.45, 7) is 4.43. The van der Waals surface area contributed by atoms with E-state index in [1.165, 1.54) is 11.1 Å². The monoisotopic (exact) mass is 492 g/mol. The minimum Gasteiger partial charge on any atom is -1.00 e. The zero-order valence-corrected chi connectivity index (χ0v) is 19.4. The Labute approximate surface area is 184 Å². The van der Waals surface area contributed by atoms with Crippen LogP contribution in [0.5, 0.6) is 0 Å². The first-order valence-corrected chi connectivity index (χ1v) is 9.34. The zero-order valence-electron chi connectivity index (χ0n) is 17.3. The Balaban J connectivity index is 0.00000280. The number of hydrogen-bond donors (Lipinski definition) is 1. The SMILES string of the molecule is Cc1cc(C)cc(COC(=O)[C@H](Cc2c[nH]c3ccccc23)[N+](C)(C)C)c1.[I-]. The van der Waals surface area contributed by atoms with E-state index in [4.69, 9.17) is 4.74 Å². The van der Waals surface area contributed by atoms with Gasteiger partial charge in [-0.1, -0.05) is 47.5 Å². The molecule has 28 heavy (non-hydrogen) atoms. The molecule has 0 aliphatic heterocycles. The van der Waals surface area contributed by atoms with Crippen molar-refractivity contribution in [2.75, 3.05) is 21.1 Å². The molecule has 0 saturated carbocycles. The molecular weight excluding hydrogens is 463 g/mol. The molecule has 1 N–H and O–H groups in total. The van der Waals surface area contributed by atoms with Gasteiger partial charge in [0.2, 0.25) is 0 Å². The van der Waals surface area contributed by atoms with Crippen molar-refractivity contribution < 1.29 is 38.0 Å². The largest absolute Gasteiger partial charge is 1.00 e. The average Bonchev–Trinajstić information content (AvgIpc) is 2.99.